The van der Waals surface area contributed by atoms with Crippen LogP contribution in [0.5, 0.6) is 0 Å². The minimum atomic E-state index is -0.184. The number of carbonyl (C=O) groups excluding carboxylic acids is 1. The van der Waals surface area contributed by atoms with Gasteiger partial charge in [-0.3, -0.25) is 14.7 Å². The summed E-state index contributed by atoms with van der Waals surface area (Å²) in [5.74, 6) is -0.170. The molecular formula is C11H14BrN3O. The summed E-state index contributed by atoms with van der Waals surface area (Å²) in [6, 6.07) is 1.99. The molecule has 1 fully saturated rings. The van der Waals surface area contributed by atoms with E-state index in [1.165, 1.54) is 5.56 Å². The second-order valence-electron chi connectivity index (χ2n) is 4.09. The molecule has 2 heterocycles. The first-order chi connectivity index (χ1) is 7.66. The highest BCUT2D eigenvalue weighted by molar-refractivity contribution is 9.10. The number of pyridine rings is 1. The predicted octanol–water partition coefficient (Wildman–Crippen LogP) is 1.15. The zero-order valence-corrected chi connectivity index (χ0v) is 10.5. The molecule has 1 aliphatic heterocycles. The SMILES string of the molecule is NC(=O)[C@H]1CCN(Cc2ccncc2Br)C1. The Morgan fingerprint density at radius 3 is 3.12 bits per heavy atom. The number of carbonyl (C=O) groups is 1. The molecule has 1 aromatic heterocycles. The summed E-state index contributed by atoms with van der Waals surface area (Å²) >= 11 is 3.47. The van der Waals surface area contributed by atoms with Gasteiger partial charge in [-0.15, -0.1) is 0 Å². The zero-order valence-electron chi connectivity index (χ0n) is 8.90. The minimum Gasteiger partial charge on any atom is -0.369 e. The van der Waals surface area contributed by atoms with Gasteiger partial charge in [0.15, 0.2) is 0 Å². The van der Waals surface area contributed by atoms with E-state index in [9.17, 15) is 4.79 Å². The lowest BCUT2D eigenvalue weighted by Gasteiger charge is -2.15. The Hall–Kier alpha value is -0.940. The van der Waals surface area contributed by atoms with Gasteiger partial charge in [-0.2, -0.15) is 0 Å². The smallest absolute Gasteiger partial charge is 0.221 e. The van der Waals surface area contributed by atoms with Crippen molar-refractivity contribution in [3.05, 3.63) is 28.5 Å². The molecule has 1 atom stereocenters. The van der Waals surface area contributed by atoms with E-state index < -0.39 is 0 Å². The standard InChI is InChI=1S/C11H14BrN3O/c12-10-5-14-3-1-8(10)6-15-4-2-9(7-15)11(13)16/h1,3,5,9H,2,4,6-7H2,(H2,13,16)/t9-/m0/s1. The molecule has 0 aromatic carbocycles. The first-order valence-electron chi connectivity index (χ1n) is 5.27. The van der Waals surface area contributed by atoms with Gasteiger partial charge >= 0.3 is 0 Å². The average molecular weight is 284 g/mol. The van der Waals surface area contributed by atoms with Gasteiger partial charge in [0.1, 0.15) is 0 Å². The third-order valence-electron chi connectivity index (χ3n) is 2.93. The lowest BCUT2D eigenvalue weighted by molar-refractivity contribution is -0.121. The topological polar surface area (TPSA) is 59.2 Å². The number of likely N-dealkylation sites (tertiary alicyclic amines) is 1. The molecule has 4 nitrogen and oxygen atoms in total. The summed E-state index contributed by atoms with van der Waals surface area (Å²) in [5, 5.41) is 0. The average Bonchev–Trinajstić information content (AvgIpc) is 2.70. The number of nitrogens with zero attached hydrogens (tertiary/aromatic N) is 2. The van der Waals surface area contributed by atoms with Crippen molar-refractivity contribution in [2.75, 3.05) is 13.1 Å². The van der Waals surface area contributed by atoms with Gasteiger partial charge < -0.3 is 5.73 Å². The van der Waals surface area contributed by atoms with Crippen LogP contribution in [-0.2, 0) is 11.3 Å². The third-order valence-corrected chi connectivity index (χ3v) is 3.64. The molecule has 0 bridgehead atoms. The monoisotopic (exact) mass is 283 g/mol. The van der Waals surface area contributed by atoms with Gasteiger partial charge in [-0.25, -0.2) is 0 Å². The van der Waals surface area contributed by atoms with Crippen LogP contribution in [0.15, 0.2) is 22.9 Å². The van der Waals surface area contributed by atoms with Gasteiger partial charge in [-0.1, -0.05) is 0 Å². The van der Waals surface area contributed by atoms with Crippen molar-refractivity contribution in [1.29, 1.82) is 0 Å². The maximum absolute atomic E-state index is 11.0. The largest absolute Gasteiger partial charge is 0.369 e. The van der Waals surface area contributed by atoms with Crippen LogP contribution in [0.1, 0.15) is 12.0 Å². The van der Waals surface area contributed by atoms with E-state index in [0.29, 0.717) is 0 Å². The minimum absolute atomic E-state index is 0.0145. The van der Waals surface area contributed by atoms with E-state index >= 15 is 0 Å². The van der Waals surface area contributed by atoms with Crippen molar-refractivity contribution in [2.24, 2.45) is 11.7 Å². The fourth-order valence-corrected chi connectivity index (χ4v) is 2.36. The summed E-state index contributed by atoms with van der Waals surface area (Å²) in [6.07, 6.45) is 4.44. The predicted molar refractivity (Wildman–Crippen MR) is 64.5 cm³/mol. The Bertz CT molecular complexity index is 397. The Kier molecular flexibility index (Phi) is 3.56. The van der Waals surface area contributed by atoms with E-state index in [0.717, 1.165) is 30.5 Å². The summed E-state index contributed by atoms with van der Waals surface area (Å²) in [6.45, 7) is 2.54. The van der Waals surface area contributed by atoms with E-state index in [-0.39, 0.29) is 11.8 Å². The number of nitrogens with two attached hydrogens (primary N) is 1. The molecule has 5 heteroatoms. The van der Waals surface area contributed by atoms with Gasteiger partial charge in [0.2, 0.25) is 5.91 Å². The van der Waals surface area contributed by atoms with Gasteiger partial charge in [0.05, 0.1) is 5.92 Å². The molecule has 1 aromatic rings. The van der Waals surface area contributed by atoms with Crippen molar-refractivity contribution in [2.45, 2.75) is 13.0 Å². The number of amides is 1. The zero-order chi connectivity index (χ0) is 11.5. The van der Waals surface area contributed by atoms with Crippen LogP contribution in [0.3, 0.4) is 0 Å². The Labute approximate surface area is 103 Å². The van der Waals surface area contributed by atoms with Crippen LogP contribution >= 0.6 is 15.9 Å². The van der Waals surface area contributed by atoms with E-state index in [1.54, 1.807) is 12.4 Å². The fraction of sp³-hybridized carbons (Fsp3) is 0.455. The van der Waals surface area contributed by atoms with Crippen LogP contribution in [0.2, 0.25) is 0 Å². The highest BCUT2D eigenvalue weighted by atomic mass is 79.9. The van der Waals surface area contributed by atoms with Crippen molar-refractivity contribution in [3.63, 3.8) is 0 Å². The fourth-order valence-electron chi connectivity index (χ4n) is 1.98. The molecule has 0 unspecified atom stereocenters. The van der Waals surface area contributed by atoms with Gasteiger partial charge in [-0.05, 0) is 40.5 Å². The molecule has 0 spiro atoms. The molecule has 1 amide bonds. The number of hydrogen-bond acceptors (Lipinski definition) is 3. The van der Waals surface area contributed by atoms with Crippen molar-refractivity contribution >= 4 is 21.8 Å². The lowest BCUT2D eigenvalue weighted by atomic mass is 10.1. The summed E-state index contributed by atoms with van der Waals surface area (Å²) in [4.78, 5) is 17.3. The summed E-state index contributed by atoms with van der Waals surface area (Å²) in [7, 11) is 0. The Balaban J connectivity index is 1.97. The van der Waals surface area contributed by atoms with Crippen LogP contribution in [-0.4, -0.2) is 28.9 Å². The molecule has 2 rings (SSSR count). The number of hydrogen-bond donors (Lipinski definition) is 1. The molecule has 0 saturated carbocycles. The molecule has 1 aliphatic rings. The Morgan fingerprint density at radius 2 is 2.50 bits per heavy atom. The van der Waals surface area contributed by atoms with Crippen LogP contribution in [0.25, 0.3) is 0 Å². The first kappa shape index (κ1) is 11.5. The quantitative estimate of drug-likeness (QED) is 0.905. The lowest BCUT2D eigenvalue weighted by Crippen LogP contribution is -2.27. The number of primary amides is 1. The maximum Gasteiger partial charge on any atom is 0.221 e. The second-order valence-corrected chi connectivity index (χ2v) is 4.94. The summed E-state index contributed by atoms with van der Waals surface area (Å²) < 4.78 is 1.01. The number of halogens is 1. The molecule has 0 aliphatic carbocycles. The number of rotatable bonds is 3. The van der Waals surface area contributed by atoms with Crippen LogP contribution in [0, 0.1) is 5.92 Å². The van der Waals surface area contributed by atoms with E-state index in [1.807, 2.05) is 6.07 Å². The normalized spacial score (nSPS) is 21.2. The summed E-state index contributed by atoms with van der Waals surface area (Å²) in [5.41, 5.74) is 6.49. The second kappa shape index (κ2) is 4.93. The Morgan fingerprint density at radius 1 is 1.69 bits per heavy atom. The highest BCUT2D eigenvalue weighted by Crippen LogP contribution is 2.21. The first-order valence-corrected chi connectivity index (χ1v) is 6.06. The third kappa shape index (κ3) is 2.59. The van der Waals surface area contributed by atoms with Gasteiger partial charge in [0, 0.05) is 30.0 Å². The van der Waals surface area contributed by atoms with Gasteiger partial charge in [0.25, 0.3) is 0 Å². The molecule has 0 radical (unpaired) electrons. The van der Waals surface area contributed by atoms with Crippen molar-refractivity contribution < 1.29 is 4.79 Å². The van der Waals surface area contributed by atoms with Crippen molar-refractivity contribution in [1.82, 2.24) is 9.88 Å². The highest BCUT2D eigenvalue weighted by Gasteiger charge is 2.26. The maximum atomic E-state index is 11.0. The molecule has 86 valence electrons. The molecule has 16 heavy (non-hydrogen) atoms. The van der Waals surface area contributed by atoms with E-state index in [2.05, 4.69) is 25.8 Å². The molecule has 1 saturated heterocycles. The molecular weight excluding hydrogens is 270 g/mol. The van der Waals surface area contributed by atoms with E-state index in [4.69, 9.17) is 5.73 Å². The van der Waals surface area contributed by atoms with Crippen LogP contribution < -0.4 is 5.73 Å². The number of aromatic nitrogens is 1. The van der Waals surface area contributed by atoms with Crippen molar-refractivity contribution in [3.8, 4) is 0 Å². The van der Waals surface area contributed by atoms with Crippen LogP contribution in [0.4, 0.5) is 0 Å². The molecule has 2 N–H and O–H groups in total.